The first-order chi connectivity index (χ1) is 9.90. The topological polar surface area (TPSA) is 29.1 Å². The SMILES string of the molecule is Cc1ccc(C)c(C(=O)Nc2c(C)cccc2C(C)C)c1. The summed E-state index contributed by atoms with van der Waals surface area (Å²) in [5.74, 6) is 0.339. The molecule has 0 heterocycles. The number of benzene rings is 2. The van der Waals surface area contributed by atoms with Crippen molar-refractivity contribution in [3.8, 4) is 0 Å². The molecule has 0 saturated heterocycles. The number of hydrogen-bond acceptors (Lipinski definition) is 1. The van der Waals surface area contributed by atoms with Gasteiger partial charge in [-0.25, -0.2) is 0 Å². The maximum atomic E-state index is 12.6. The number of nitrogens with one attached hydrogen (secondary N) is 1. The number of para-hydroxylation sites is 1. The first kappa shape index (κ1) is 15.3. The smallest absolute Gasteiger partial charge is 0.255 e. The van der Waals surface area contributed by atoms with Gasteiger partial charge in [0.05, 0.1) is 0 Å². The Labute approximate surface area is 127 Å². The second kappa shape index (κ2) is 6.13. The predicted octanol–water partition coefficient (Wildman–Crippen LogP) is 4.99. The Morgan fingerprint density at radius 2 is 1.71 bits per heavy atom. The summed E-state index contributed by atoms with van der Waals surface area (Å²) >= 11 is 0. The number of rotatable bonds is 3. The third kappa shape index (κ3) is 3.33. The van der Waals surface area contributed by atoms with Crippen molar-refractivity contribution in [2.75, 3.05) is 5.32 Å². The summed E-state index contributed by atoms with van der Waals surface area (Å²) < 4.78 is 0. The van der Waals surface area contributed by atoms with Gasteiger partial charge in [0, 0.05) is 11.3 Å². The van der Waals surface area contributed by atoms with Gasteiger partial charge in [0.25, 0.3) is 5.91 Å². The van der Waals surface area contributed by atoms with Crippen LogP contribution in [0.2, 0.25) is 0 Å². The lowest BCUT2D eigenvalue weighted by Gasteiger charge is -2.17. The molecule has 0 radical (unpaired) electrons. The lowest BCUT2D eigenvalue weighted by Crippen LogP contribution is -2.16. The van der Waals surface area contributed by atoms with Crippen LogP contribution in [0.15, 0.2) is 36.4 Å². The summed E-state index contributed by atoms with van der Waals surface area (Å²) in [6.07, 6.45) is 0. The molecular weight excluding hydrogens is 258 g/mol. The Hall–Kier alpha value is -2.09. The fraction of sp³-hybridized carbons (Fsp3) is 0.316. The molecule has 0 aliphatic heterocycles. The molecule has 2 nitrogen and oxygen atoms in total. The van der Waals surface area contributed by atoms with E-state index >= 15 is 0 Å². The minimum absolute atomic E-state index is 0.0348. The van der Waals surface area contributed by atoms with Crippen molar-refractivity contribution in [2.45, 2.75) is 40.5 Å². The van der Waals surface area contributed by atoms with Crippen LogP contribution in [-0.4, -0.2) is 5.91 Å². The number of amides is 1. The van der Waals surface area contributed by atoms with Crippen molar-refractivity contribution in [3.05, 3.63) is 64.2 Å². The van der Waals surface area contributed by atoms with Gasteiger partial charge >= 0.3 is 0 Å². The molecular formula is C19H23NO. The van der Waals surface area contributed by atoms with Crippen molar-refractivity contribution in [1.82, 2.24) is 0 Å². The van der Waals surface area contributed by atoms with Crippen molar-refractivity contribution in [3.63, 3.8) is 0 Å². The highest BCUT2D eigenvalue weighted by atomic mass is 16.1. The predicted molar refractivity (Wildman–Crippen MR) is 89.1 cm³/mol. The summed E-state index contributed by atoms with van der Waals surface area (Å²) in [5, 5.41) is 3.11. The number of carbonyl (C=O) groups excluding carboxylic acids is 1. The average Bonchev–Trinajstić information content (AvgIpc) is 2.43. The molecule has 0 aromatic heterocycles. The van der Waals surface area contributed by atoms with E-state index in [-0.39, 0.29) is 5.91 Å². The first-order valence-electron chi connectivity index (χ1n) is 7.38. The normalized spacial score (nSPS) is 10.8. The zero-order valence-electron chi connectivity index (χ0n) is 13.4. The van der Waals surface area contributed by atoms with Gasteiger partial charge in [-0.1, -0.05) is 49.7 Å². The molecule has 2 heteroatoms. The largest absolute Gasteiger partial charge is 0.321 e. The van der Waals surface area contributed by atoms with E-state index < -0.39 is 0 Å². The molecule has 0 fully saturated rings. The highest BCUT2D eigenvalue weighted by molar-refractivity contribution is 6.06. The molecule has 0 atom stereocenters. The molecule has 0 saturated carbocycles. The van der Waals surface area contributed by atoms with Gasteiger partial charge in [0.1, 0.15) is 0 Å². The second-order valence-electron chi connectivity index (χ2n) is 5.97. The van der Waals surface area contributed by atoms with Gasteiger partial charge in [-0.05, 0) is 49.4 Å². The van der Waals surface area contributed by atoms with Crippen molar-refractivity contribution in [2.24, 2.45) is 0 Å². The Balaban J connectivity index is 2.38. The lowest BCUT2D eigenvalue weighted by molar-refractivity contribution is 0.102. The number of aryl methyl sites for hydroxylation is 3. The van der Waals surface area contributed by atoms with Gasteiger partial charge in [-0.3, -0.25) is 4.79 Å². The minimum atomic E-state index is -0.0348. The highest BCUT2D eigenvalue weighted by Crippen LogP contribution is 2.28. The molecule has 0 spiro atoms. The molecule has 0 aliphatic rings. The third-order valence-corrected chi connectivity index (χ3v) is 3.80. The summed E-state index contributed by atoms with van der Waals surface area (Å²) in [5.41, 5.74) is 6.05. The average molecular weight is 281 g/mol. The monoisotopic (exact) mass is 281 g/mol. The van der Waals surface area contributed by atoms with Gasteiger partial charge in [0.2, 0.25) is 0 Å². The Bertz CT molecular complexity index is 671. The molecule has 0 aliphatic carbocycles. The fourth-order valence-corrected chi connectivity index (χ4v) is 2.50. The quantitative estimate of drug-likeness (QED) is 0.844. The Kier molecular flexibility index (Phi) is 4.46. The maximum Gasteiger partial charge on any atom is 0.255 e. The fourth-order valence-electron chi connectivity index (χ4n) is 2.50. The molecule has 2 aromatic carbocycles. The van der Waals surface area contributed by atoms with E-state index in [1.807, 2.05) is 51.1 Å². The second-order valence-corrected chi connectivity index (χ2v) is 5.97. The van der Waals surface area contributed by atoms with Gasteiger partial charge in [0.15, 0.2) is 0 Å². The van der Waals surface area contributed by atoms with E-state index in [1.54, 1.807) is 0 Å². The van der Waals surface area contributed by atoms with Crippen LogP contribution in [0.1, 0.15) is 52.4 Å². The first-order valence-corrected chi connectivity index (χ1v) is 7.38. The molecule has 0 bridgehead atoms. The molecule has 1 amide bonds. The van der Waals surface area contributed by atoms with Crippen molar-refractivity contribution < 1.29 is 4.79 Å². The molecule has 21 heavy (non-hydrogen) atoms. The summed E-state index contributed by atoms with van der Waals surface area (Å²) in [6, 6.07) is 12.1. The zero-order chi connectivity index (χ0) is 15.6. The van der Waals surface area contributed by atoms with Crippen LogP contribution in [-0.2, 0) is 0 Å². The van der Waals surface area contributed by atoms with Crippen LogP contribution in [0.3, 0.4) is 0 Å². The number of anilines is 1. The van der Waals surface area contributed by atoms with E-state index in [2.05, 4.69) is 25.2 Å². The van der Waals surface area contributed by atoms with Crippen LogP contribution >= 0.6 is 0 Å². The molecule has 2 aromatic rings. The summed E-state index contributed by atoms with van der Waals surface area (Å²) in [6.45, 7) is 10.3. The van der Waals surface area contributed by atoms with Crippen LogP contribution < -0.4 is 5.32 Å². The van der Waals surface area contributed by atoms with Crippen LogP contribution in [0.4, 0.5) is 5.69 Å². The van der Waals surface area contributed by atoms with E-state index in [0.29, 0.717) is 5.92 Å². The minimum Gasteiger partial charge on any atom is -0.321 e. The van der Waals surface area contributed by atoms with Crippen LogP contribution in [0.25, 0.3) is 0 Å². The molecule has 2 rings (SSSR count). The van der Waals surface area contributed by atoms with E-state index in [1.165, 1.54) is 5.56 Å². The lowest BCUT2D eigenvalue weighted by atomic mass is 9.97. The Morgan fingerprint density at radius 3 is 2.38 bits per heavy atom. The summed E-state index contributed by atoms with van der Waals surface area (Å²) in [4.78, 5) is 12.6. The third-order valence-electron chi connectivity index (χ3n) is 3.80. The van der Waals surface area contributed by atoms with Gasteiger partial charge in [-0.15, -0.1) is 0 Å². The van der Waals surface area contributed by atoms with Crippen molar-refractivity contribution in [1.29, 1.82) is 0 Å². The summed E-state index contributed by atoms with van der Waals surface area (Å²) in [7, 11) is 0. The molecule has 0 unspecified atom stereocenters. The van der Waals surface area contributed by atoms with Gasteiger partial charge < -0.3 is 5.32 Å². The van der Waals surface area contributed by atoms with E-state index in [4.69, 9.17) is 0 Å². The Morgan fingerprint density at radius 1 is 1.00 bits per heavy atom. The van der Waals surface area contributed by atoms with E-state index in [0.717, 1.165) is 27.9 Å². The van der Waals surface area contributed by atoms with Gasteiger partial charge in [-0.2, -0.15) is 0 Å². The standard InChI is InChI=1S/C19H23NO/c1-12(2)16-8-6-7-15(5)18(16)20-19(21)17-11-13(3)9-10-14(17)4/h6-12H,1-5H3,(H,20,21). The maximum absolute atomic E-state index is 12.6. The molecule has 1 N–H and O–H groups in total. The van der Waals surface area contributed by atoms with Crippen molar-refractivity contribution >= 4 is 11.6 Å². The zero-order valence-corrected chi connectivity index (χ0v) is 13.4. The van der Waals surface area contributed by atoms with Crippen LogP contribution in [0, 0.1) is 20.8 Å². The van der Waals surface area contributed by atoms with E-state index in [9.17, 15) is 4.79 Å². The van der Waals surface area contributed by atoms with Crippen LogP contribution in [0.5, 0.6) is 0 Å². The number of carbonyl (C=O) groups is 1. The molecule has 110 valence electrons. The highest BCUT2D eigenvalue weighted by Gasteiger charge is 2.14. The number of hydrogen-bond donors (Lipinski definition) is 1.